The van der Waals surface area contributed by atoms with Crippen LogP contribution in [0.15, 0.2) is 91.0 Å². The molecule has 5 aromatic rings. The first-order valence-corrected chi connectivity index (χ1v) is 16.4. The van der Waals surface area contributed by atoms with E-state index in [1.807, 2.05) is 12.1 Å². The molecule has 0 fully saturated rings. The molecule has 0 aliphatic carbocycles. The molecule has 0 aliphatic heterocycles. The lowest BCUT2D eigenvalue weighted by atomic mass is 9.95. The molecule has 3 heteroatoms. The monoisotopic (exact) mass is 585 g/mol. The molecule has 0 heterocycles. The van der Waals surface area contributed by atoms with Gasteiger partial charge in [0.25, 0.3) is 5.91 Å². The quantitative estimate of drug-likeness (QED) is 0.0811. The first-order chi connectivity index (χ1) is 21.2. The van der Waals surface area contributed by atoms with Crippen molar-refractivity contribution in [2.24, 2.45) is 0 Å². The number of nitrogens with zero attached hydrogens (tertiary/aromatic N) is 2. The van der Waals surface area contributed by atoms with Crippen LogP contribution in [0.2, 0.25) is 0 Å². The van der Waals surface area contributed by atoms with Crippen LogP contribution in [0.5, 0.6) is 0 Å². The molecule has 0 radical (unpaired) electrons. The number of rotatable bonds is 12. The molecule has 44 heavy (non-hydrogen) atoms. The molecule has 1 amide bonds. The van der Waals surface area contributed by atoms with E-state index in [-0.39, 0.29) is 5.91 Å². The topological polar surface area (TPSA) is 20.3 Å². The number of fused-ring (bicyclic) bond motifs is 2. The van der Waals surface area contributed by atoms with Gasteiger partial charge < -0.3 is 9.38 Å². The fraction of sp³-hybridized carbons (Fsp3) is 0.341. The van der Waals surface area contributed by atoms with Gasteiger partial charge in [0.2, 0.25) is 0 Å². The van der Waals surface area contributed by atoms with Gasteiger partial charge in [-0.3, -0.25) is 4.79 Å². The lowest BCUT2D eigenvalue weighted by Gasteiger charge is -2.37. The first-order valence-electron chi connectivity index (χ1n) is 16.4. The Kier molecular flexibility index (Phi) is 9.86. The van der Waals surface area contributed by atoms with Crippen molar-refractivity contribution in [2.45, 2.75) is 67.5 Å². The number of amides is 1. The van der Waals surface area contributed by atoms with Crippen molar-refractivity contribution < 1.29 is 9.28 Å². The van der Waals surface area contributed by atoms with Crippen LogP contribution in [0.3, 0.4) is 0 Å². The van der Waals surface area contributed by atoms with Crippen molar-refractivity contribution in [3.8, 4) is 0 Å². The lowest BCUT2D eigenvalue weighted by Crippen LogP contribution is -2.47. The third kappa shape index (κ3) is 7.22. The molecule has 228 valence electrons. The highest BCUT2D eigenvalue weighted by Gasteiger charge is 2.25. The third-order valence-corrected chi connectivity index (χ3v) is 9.38. The predicted octanol–water partition coefficient (Wildman–Crippen LogP) is 9.71. The Hall–Kier alpha value is -3.95. The fourth-order valence-electron chi connectivity index (χ4n) is 7.18. The highest BCUT2D eigenvalue weighted by atomic mass is 16.2. The van der Waals surface area contributed by atoms with Crippen LogP contribution >= 0.6 is 0 Å². The lowest BCUT2D eigenvalue weighted by molar-refractivity contribution is -0.938. The zero-order valence-electron chi connectivity index (χ0n) is 27.6. The summed E-state index contributed by atoms with van der Waals surface area (Å²) in [6.07, 6.45) is 2.06. The number of hydrogen-bond acceptors (Lipinski definition) is 1. The van der Waals surface area contributed by atoms with Gasteiger partial charge in [-0.1, -0.05) is 107 Å². The largest absolute Gasteiger partial charge is 0.334 e. The van der Waals surface area contributed by atoms with E-state index < -0.39 is 0 Å². The van der Waals surface area contributed by atoms with Crippen LogP contribution < -0.4 is 0 Å². The molecular weight excluding hydrogens is 536 g/mol. The van der Waals surface area contributed by atoms with Crippen molar-refractivity contribution in [1.82, 2.24) is 4.90 Å². The maximum Gasteiger partial charge on any atom is 0.255 e. The summed E-state index contributed by atoms with van der Waals surface area (Å²) in [5.41, 5.74) is 8.61. The van der Waals surface area contributed by atoms with Gasteiger partial charge in [-0.25, -0.2) is 0 Å². The van der Waals surface area contributed by atoms with Gasteiger partial charge in [-0.15, -0.1) is 0 Å². The van der Waals surface area contributed by atoms with E-state index in [1.54, 1.807) is 0 Å². The Bertz CT molecular complexity index is 1670. The maximum atomic E-state index is 14.7. The van der Waals surface area contributed by atoms with E-state index in [0.717, 1.165) is 77.2 Å². The number of aryl methyl sites for hydroxylation is 4. The fourth-order valence-corrected chi connectivity index (χ4v) is 7.18. The summed E-state index contributed by atoms with van der Waals surface area (Å²) in [4.78, 5) is 16.8. The van der Waals surface area contributed by atoms with Crippen molar-refractivity contribution in [1.29, 1.82) is 0 Å². The molecule has 0 N–H and O–H groups in total. The van der Waals surface area contributed by atoms with Gasteiger partial charge in [0.15, 0.2) is 0 Å². The molecule has 0 aliphatic rings. The average molecular weight is 586 g/mol. The molecule has 5 rings (SSSR count). The minimum absolute atomic E-state index is 0.124. The molecule has 0 aromatic heterocycles. The summed E-state index contributed by atoms with van der Waals surface area (Å²) in [7, 11) is 0. The SMILES string of the molecule is CC[N+](CC)(CCCCN(Cc1cc(C)cc(C)c1)C(=O)c1c2ccccc2cc2ccccc12)Cc1cc(C)cc(C)c1. The van der Waals surface area contributed by atoms with E-state index in [2.05, 4.69) is 125 Å². The highest BCUT2D eigenvalue weighted by molar-refractivity contribution is 6.18. The molecule has 0 unspecified atom stereocenters. The summed E-state index contributed by atoms with van der Waals surface area (Å²) < 4.78 is 1.07. The molecule has 0 saturated carbocycles. The highest BCUT2D eigenvalue weighted by Crippen LogP contribution is 2.30. The minimum atomic E-state index is 0.124. The second-order valence-corrected chi connectivity index (χ2v) is 13.0. The van der Waals surface area contributed by atoms with Gasteiger partial charge >= 0.3 is 0 Å². The van der Waals surface area contributed by atoms with Crippen LogP contribution in [0.1, 0.15) is 70.4 Å². The van der Waals surface area contributed by atoms with Crippen molar-refractivity contribution in [3.63, 3.8) is 0 Å². The molecule has 0 atom stereocenters. The van der Waals surface area contributed by atoms with E-state index in [9.17, 15) is 4.79 Å². The standard InChI is InChI=1S/C41H49N2O/c1-7-43(8-2,29-35-25-32(5)22-33(6)26-35)20-14-13-19-42(28-34-23-30(3)21-31(4)24-34)41(44)40-38-17-11-9-15-36(38)27-37-16-10-12-18-39(37)40/h9-12,15-18,21-27H,7-8,13-14,19-20,28-29H2,1-6H3/q+1. The second-order valence-electron chi connectivity index (χ2n) is 13.0. The Morgan fingerprint density at radius 3 is 1.66 bits per heavy atom. The van der Waals surface area contributed by atoms with E-state index in [1.165, 1.54) is 33.4 Å². The molecule has 3 nitrogen and oxygen atoms in total. The number of carbonyl (C=O) groups is 1. The van der Waals surface area contributed by atoms with E-state index >= 15 is 0 Å². The first kappa shape index (κ1) is 31.5. The van der Waals surface area contributed by atoms with Crippen LogP contribution in [0.25, 0.3) is 21.5 Å². The smallest absolute Gasteiger partial charge is 0.255 e. The summed E-state index contributed by atoms with van der Waals surface area (Å²) >= 11 is 0. The van der Waals surface area contributed by atoms with Gasteiger partial charge in [-0.05, 0) is 87.6 Å². The normalized spacial score (nSPS) is 11.8. The third-order valence-electron chi connectivity index (χ3n) is 9.38. The predicted molar refractivity (Wildman–Crippen MR) is 187 cm³/mol. The molecule has 0 spiro atoms. The number of benzene rings is 5. The van der Waals surface area contributed by atoms with Crippen molar-refractivity contribution in [3.05, 3.63) is 130 Å². The maximum absolute atomic E-state index is 14.7. The van der Waals surface area contributed by atoms with Crippen LogP contribution in [-0.2, 0) is 13.1 Å². The van der Waals surface area contributed by atoms with E-state index in [0.29, 0.717) is 6.54 Å². The molecule has 5 aromatic carbocycles. The van der Waals surface area contributed by atoms with Crippen LogP contribution in [0.4, 0.5) is 0 Å². The van der Waals surface area contributed by atoms with Gasteiger partial charge in [0.1, 0.15) is 6.54 Å². The summed E-state index contributed by atoms with van der Waals surface area (Å²) in [6, 6.07) is 32.5. The van der Waals surface area contributed by atoms with E-state index in [4.69, 9.17) is 0 Å². The Morgan fingerprint density at radius 2 is 1.14 bits per heavy atom. The Labute approximate surface area is 264 Å². The molecular formula is C41H49N2O+. The number of hydrogen-bond donors (Lipinski definition) is 0. The number of quaternary nitrogens is 1. The zero-order valence-corrected chi connectivity index (χ0v) is 27.6. The molecule has 0 saturated heterocycles. The summed E-state index contributed by atoms with van der Waals surface area (Å²) in [6.45, 7) is 19.1. The van der Waals surface area contributed by atoms with Crippen molar-refractivity contribution >= 4 is 27.5 Å². The summed E-state index contributed by atoms with van der Waals surface area (Å²) in [5.74, 6) is 0.124. The van der Waals surface area contributed by atoms with Gasteiger partial charge in [0.05, 0.1) is 25.2 Å². The number of carbonyl (C=O) groups excluding carboxylic acids is 1. The van der Waals surface area contributed by atoms with Crippen LogP contribution in [0, 0.1) is 27.7 Å². The van der Waals surface area contributed by atoms with Gasteiger partial charge in [-0.2, -0.15) is 0 Å². The Balaban J connectivity index is 1.42. The van der Waals surface area contributed by atoms with Crippen molar-refractivity contribution in [2.75, 3.05) is 26.2 Å². The molecule has 0 bridgehead atoms. The van der Waals surface area contributed by atoms with Gasteiger partial charge in [0, 0.05) is 18.7 Å². The van der Waals surface area contributed by atoms with Crippen LogP contribution in [-0.4, -0.2) is 41.5 Å². The summed E-state index contributed by atoms with van der Waals surface area (Å²) in [5, 5.41) is 4.28. The zero-order chi connectivity index (χ0) is 31.3. The number of unbranched alkanes of at least 4 members (excludes halogenated alkanes) is 1. The Morgan fingerprint density at radius 1 is 0.636 bits per heavy atom. The minimum Gasteiger partial charge on any atom is -0.334 e. The average Bonchev–Trinajstić information content (AvgIpc) is 2.99. The second kappa shape index (κ2) is 13.8.